The Bertz CT molecular complexity index is 1020. The number of nitrogens with one attached hydrogen (secondary N) is 1. The third-order valence-electron chi connectivity index (χ3n) is 4.52. The monoisotopic (exact) mass is 374 g/mol. The molecule has 0 spiro atoms. The SMILES string of the molecule is Cc1nn(CC(=O)NC2CC2)c2cc(-c3cccc(C(F)(F)F)c3)cnc12. The molecule has 3 aromatic rings. The summed E-state index contributed by atoms with van der Waals surface area (Å²) in [6.45, 7) is 1.84. The van der Waals surface area contributed by atoms with Gasteiger partial charge in [0.2, 0.25) is 5.91 Å². The predicted octanol–water partition coefficient (Wildman–Crippen LogP) is 3.70. The quantitative estimate of drug-likeness (QED) is 0.758. The Morgan fingerprint density at radius 3 is 2.74 bits per heavy atom. The van der Waals surface area contributed by atoms with Crippen LogP contribution in [0, 0.1) is 6.92 Å². The molecule has 0 unspecified atom stereocenters. The van der Waals surface area contributed by atoms with Crippen molar-refractivity contribution in [2.75, 3.05) is 0 Å². The van der Waals surface area contributed by atoms with Crippen LogP contribution in [0.1, 0.15) is 24.1 Å². The molecule has 2 aromatic heterocycles. The number of rotatable bonds is 4. The average Bonchev–Trinajstić information content (AvgIpc) is 3.38. The van der Waals surface area contributed by atoms with E-state index in [-0.39, 0.29) is 18.5 Å². The molecule has 0 atom stereocenters. The van der Waals surface area contributed by atoms with Crippen molar-refractivity contribution in [1.82, 2.24) is 20.1 Å². The van der Waals surface area contributed by atoms with Gasteiger partial charge in [-0.15, -0.1) is 0 Å². The smallest absolute Gasteiger partial charge is 0.352 e. The standard InChI is InChI=1S/C19H17F3N4O/c1-11-18-16(26(25-11)10-17(27)24-15-5-6-15)8-13(9-23-18)12-3-2-4-14(7-12)19(20,21)22/h2-4,7-9,15H,5-6,10H2,1H3,(H,24,27). The van der Waals surface area contributed by atoms with Gasteiger partial charge in [0, 0.05) is 17.8 Å². The molecule has 2 heterocycles. The van der Waals surface area contributed by atoms with Crippen molar-refractivity contribution < 1.29 is 18.0 Å². The number of halogens is 3. The van der Waals surface area contributed by atoms with Crippen LogP contribution in [0.5, 0.6) is 0 Å². The predicted molar refractivity (Wildman–Crippen MR) is 93.9 cm³/mol. The number of aromatic nitrogens is 3. The molecule has 1 aliphatic rings. The van der Waals surface area contributed by atoms with Gasteiger partial charge in [0.15, 0.2) is 0 Å². The number of benzene rings is 1. The van der Waals surface area contributed by atoms with Gasteiger partial charge < -0.3 is 5.32 Å². The molecule has 5 nitrogen and oxygen atoms in total. The third-order valence-corrected chi connectivity index (χ3v) is 4.52. The highest BCUT2D eigenvalue weighted by atomic mass is 19.4. The van der Waals surface area contributed by atoms with Crippen LogP contribution >= 0.6 is 0 Å². The van der Waals surface area contributed by atoms with Crippen molar-refractivity contribution in [3.63, 3.8) is 0 Å². The lowest BCUT2D eigenvalue weighted by molar-refractivity contribution is -0.137. The summed E-state index contributed by atoms with van der Waals surface area (Å²) in [5.41, 5.74) is 2.15. The Labute approximate surface area is 153 Å². The molecule has 1 aromatic carbocycles. The van der Waals surface area contributed by atoms with Crippen LogP contribution in [-0.4, -0.2) is 26.7 Å². The first-order chi connectivity index (χ1) is 12.8. The number of carbonyl (C=O) groups is 1. The Hall–Kier alpha value is -2.90. The first-order valence-electron chi connectivity index (χ1n) is 8.61. The second kappa shape index (κ2) is 6.37. The Balaban J connectivity index is 1.71. The summed E-state index contributed by atoms with van der Waals surface area (Å²) >= 11 is 0. The van der Waals surface area contributed by atoms with Crippen LogP contribution in [0.2, 0.25) is 0 Å². The molecule has 0 radical (unpaired) electrons. The molecule has 27 heavy (non-hydrogen) atoms. The highest BCUT2D eigenvalue weighted by Crippen LogP contribution is 2.32. The molecule has 0 saturated heterocycles. The fourth-order valence-electron chi connectivity index (χ4n) is 3.00. The third kappa shape index (κ3) is 3.65. The van der Waals surface area contributed by atoms with E-state index in [2.05, 4.69) is 15.4 Å². The molecule has 8 heteroatoms. The number of amides is 1. The number of carbonyl (C=O) groups excluding carboxylic acids is 1. The van der Waals surface area contributed by atoms with Crippen molar-refractivity contribution >= 4 is 16.9 Å². The fraction of sp³-hybridized carbons (Fsp3) is 0.316. The van der Waals surface area contributed by atoms with Crippen molar-refractivity contribution in [3.05, 3.63) is 47.8 Å². The molecule has 0 aliphatic heterocycles. The number of aryl methyl sites for hydroxylation is 1. The highest BCUT2D eigenvalue weighted by molar-refractivity contribution is 5.85. The number of pyridine rings is 1. The van der Waals surface area contributed by atoms with E-state index in [0.717, 1.165) is 25.0 Å². The molecule has 1 N–H and O–H groups in total. The second-order valence-corrected chi connectivity index (χ2v) is 6.76. The molecule has 4 rings (SSSR count). The zero-order valence-electron chi connectivity index (χ0n) is 14.5. The second-order valence-electron chi connectivity index (χ2n) is 6.76. The molecule has 1 saturated carbocycles. The summed E-state index contributed by atoms with van der Waals surface area (Å²) in [7, 11) is 0. The number of nitrogens with zero attached hydrogens (tertiary/aromatic N) is 3. The van der Waals surface area contributed by atoms with E-state index < -0.39 is 11.7 Å². The maximum atomic E-state index is 13.0. The van der Waals surface area contributed by atoms with E-state index in [1.54, 1.807) is 23.7 Å². The number of hydrogen-bond acceptors (Lipinski definition) is 3. The summed E-state index contributed by atoms with van der Waals surface area (Å²) in [4.78, 5) is 16.5. The van der Waals surface area contributed by atoms with Gasteiger partial charge in [-0.1, -0.05) is 12.1 Å². The summed E-state index contributed by atoms with van der Waals surface area (Å²) in [5, 5.41) is 7.26. The van der Waals surface area contributed by atoms with Crippen LogP contribution in [0.4, 0.5) is 13.2 Å². The Morgan fingerprint density at radius 1 is 1.26 bits per heavy atom. The van der Waals surface area contributed by atoms with E-state index in [4.69, 9.17) is 0 Å². The van der Waals surface area contributed by atoms with Crippen molar-refractivity contribution in [2.24, 2.45) is 0 Å². The fourth-order valence-corrected chi connectivity index (χ4v) is 3.00. The van der Waals surface area contributed by atoms with Crippen LogP contribution in [-0.2, 0) is 17.5 Å². The van der Waals surface area contributed by atoms with E-state index >= 15 is 0 Å². The largest absolute Gasteiger partial charge is 0.416 e. The minimum atomic E-state index is -4.41. The van der Waals surface area contributed by atoms with E-state index in [1.165, 1.54) is 12.3 Å². The van der Waals surface area contributed by atoms with Crippen molar-refractivity contribution in [2.45, 2.75) is 38.5 Å². The minimum absolute atomic E-state index is 0.0502. The van der Waals surface area contributed by atoms with E-state index in [9.17, 15) is 18.0 Å². The highest BCUT2D eigenvalue weighted by Gasteiger charge is 2.30. The van der Waals surface area contributed by atoms with Crippen LogP contribution in [0.3, 0.4) is 0 Å². The van der Waals surface area contributed by atoms with Crippen LogP contribution in [0.15, 0.2) is 36.5 Å². The van der Waals surface area contributed by atoms with Crippen LogP contribution in [0.25, 0.3) is 22.2 Å². The molecular weight excluding hydrogens is 357 g/mol. The average molecular weight is 374 g/mol. The first-order valence-corrected chi connectivity index (χ1v) is 8.61. The van der Waals surface area contributed by atoms with Gasteiger partial charge in [0.25, 0.3) is 0 Å². The number of hydrogen-bond donors (Lipinski definition) is 1. The zero-order valence-corrected chi connectivity index (χ0v) is 14.5. The van der Waals surface area contributed by atoms with E-state index in [0.29, 0.717) is 27.9 Å². The zero-order chi connectivity index (χ0) is 19.2. The van der Waals surface area contributed by atoms with Crippen LogP contribution < -0.4 is 5.32 Å². The van der Waals surface area contributed by atoms with Gasteiger partial charge in [0.05, 0.1) is 16.8 Å². The lowest BCUT2D eigenvalue weighted by Gasteiger charge is -2.09. The van der Waals surface area contributed by atoms with Gasteiger partial charge in [-0.25, -0.2) is 0 Å². The van der Waals surface area contributed by atoms with Gasteiger partial charge >= 0.3 is 6.18 Å². The molecule has 140 valence electrons. The summed E-state index contributed by atoms with van der Waals surface area (Å²) in [6.07, 6.45) is -0.897. The molecule has 1 amide bonds. The van der Waals surface area contributed by atoms with Gasteiger partial charge in [-0.2, -0.15) is 18.3 Å². The summed E-state index contributed by atoms with van der Waals surface area (Å²) in [6, 6.07) is 7.07. The minimum Gasteiger partial charge on any atom is -0.352 e. The van der Waals surface area contributed by atoms with E-state index in [1.807, 2.05) is 0 Å². The topological polar surface area (TPSA) is 59.8 Å². The van der Waals surface area contributed by atoms with Crippen molar-refractivity contribution in [3.8, 4) is 11.1 Å². The summed E-state index contributed by atoms with van der Waals surface area (Å²) in [5.74, 6) is -0.133. The lowest BCUT2D eigenvalue weighted by atomic mass is 10.0. The molecular formula is C19H17F3N4O. The molecule has 1 fully saturated rings. The maximum absolute atomic E-state index is 13.0. The number of fused-ring (bicyclic) bond motifs is 1. The van der Waals surface area contributed by atoms with Gasteiger partial charge in [0.1, 0.15) is 12.1 Å². The lowest BCUT2D eigenvalue weighted by Crippen LogP contribution is -2.29. The molecule has 1 aliphatic carbocycles. The maximum Gasteiger partial charge on any atom is 0.416 e. The van der Waals surface area contributed by atoms with Gasteiger partial charge in [-0.3, -0.25) is 14.5 Å². The number of alkyl halides is 3. The van der Waals surface area contributed by atoms with Crippen molar-refractivity contribution in [1.29, 1.82) is 0 Å². The normalized spacial score (nSPS) is 14.5. The first kappa shape index (κ1) is 17.5. The Morgan fingerprint density at radius 2 is 2.04 bits per heavy atom. The van der Waals surface area contributed by atoms with Gasteiger partial charge in [-0.05, 0) is 43.5 Å². The Kier molecular flexibility index (Phi) is 4.13. The molecule has 0 bridgehead atoms. The summed E-state index contributed by atoms with van der Waals surface area (Å²) < 4.78 is 40.5.